The molecule has 0 bridgehead atoms. The minimum absolute atomic E-state index is 0.0993. The molecule has 144 valence electrons. The van der Waals surface area contributed by atoms with Crippen LogP contribution in [0.25, 0.3) is 11.3 Å². The average molecular weight is 371 g/mol. The molecule has 1 saturated carbocycles. The van der Waals surface area contributed by atoms with Crippen molar-refractivity contribution in [3.63, 3.8) is 0 Å². The van der Waals surface area contributed by atoms with Crippen molar-refractivity contribution in [1.82, 2.24) is 15.1 Å². The maximum absolute atomic E-state index is 13.1. The number of nitrogens with one attached hydrogen (secondary N) is 1. The van der Waals surface area contributed by atoms with E-state index in [4.69, 9.17) is 0 Å². The third-order valence-electron chi connectivity index (χ3n) is 5.07. The van der Waals surface area contributed by atoms with Gasteiger partial charge in [0.15, 0.2) is 0 Å². The fourth-order valence-electron chi connectivity index (χ4n) is 3.57. The number of carbonyl (C=O) groups is 1. The highest BCUT2D eigenvalue weighted by atomic mass is 19.1. The number of aromatic nitrogens is 2. The molecule has 1 aliphatic carbocycles. The van der Waals surface area contributed by atoms with Gasteiger partial charge in [0.1, 0.15) is 5.82 Å². The molecule has 0 radical (unpaired) electrons. The molecule has 0 atom stereocenters. The first kappa shape index (κ1) is 19.3. The summed E-state index contributed by atoms with van der Waals surface area (Å²) in [5.74, 6) is 0.314. The second-order valence-electron chi connectivity index (χ2n) is 7.20. The molecule has 1 heterocycles. The molecule has 1 N–H and O–H groups in total. The van der Waals surface area contributed by atoms with E-state index < -0.39 is 0 Å². The van der Waals surface area contributed by atoms with Crippen molar-refractivity contribution in [3.8, 4) is 11.3 Å². The molecule has 0 saturated heterocycles. The van der Waals surface area contributed by atoms with Gasteiger partial charge in [-0.25, -0.2) is 9.07 Å². The van der Waals surface area contributed by atoms with Gasteiger partial charge >= 0.3 is 0 Å². The maximum Gasteiger partial charge on any atom is 0.266 e. The van der Waals surface area contributed by atoms with E-state index in [1.54, 1.807) is 18.2 Å². The number of hydrogen-bond acceptors (Lipinski definition) is 3. The largest absolute Gasteiger partial charge is 0.356 e. The molecule has 1 aromatic heterocycles. The molecule has 2 aromatic rings. The molecule has 0 spiro atoms. The Balaban J connectivity index is 1.49. The zero-order valence-electron chi connectivity index (χ0n) is 15.5. The van der Waals surface area contributed by atoms with Crippen molar-refractivity contribution in [2.75, 3.05) is 6.54 Å². The lowest BCUT2D eigenvalue weighted by Crippen LogP contribution is -2.29. The zero-order valence-corrected chi connectivity index (χ0v) is 15.5. The van der Waals surface area contributed by atoms with Gasteiger partial charge in [0.2, 0.25) is 5.91 Å². The minimum Gasteiger partial charge on any atom is -0.356 e. The van der Waals surface area contributed by atoms with Crippen molar-refractivity contribution in [1.29, 1.82) is 0 Å². The first-order chi connectivity index (χ1) is 13.1. The van der Waals surface area contributed by atoms with E-state index in [2.05, 4.69) is 10.4 Å². The highest BCUT2D eigenvalue weighted by Crippen LogP contribution is 2.26. The van der Waals surface area contributed by atoms with Crippen molar-refractivity contribution < 1.29 is 9.18 Å². The van der Waals surface area contributed by atoms with Crippen LogP contribution in [0.4, 0.5) is 4.39 Å². The van der Waals surface area contributed by atoms with Gasteiger partial charge in [0.25, 0.3) is 5.56 Å². The van der Waals surface area contributed by atoms with Crippen molar-refractivity contribution in [3.05, 3.63) is 52.6 Å². The molecule has 1 fully saturated rings. The van der Waals surface area contributed by atoms with Gasteiger partial charge in [0.05, 0.1) is 5.69 Å². The summed E-state index contributed by atoms with van der Waals surface area (Å²) in [4.78, 5) is 24.0. The second-order valence-corrected chi connectivity index (χ2v) is 7.20. The molecular weight excluding hydrogens is 345 g/mol. The molecule has 6 heteroatoms. The number of halogens is 1. The van der Waals surface area contributed by atoms with Crippen LogP contribution >= 0.6 is 0 Å². The van der Waals surface area contributed by atoms with Crippen LogP contribution in [0.2, 0.25) is 0 Å². The molecule has 5 nitrogen and oxygen atoms in total. The van der Waals surface area contributed by atoms with Gasteiger partial charge in [0, 0.05) is 31.1 Å². The number of benzene rings is 1. The molecule has 3 rings (SSSR count). The Morgan fingerprint density at radius 2 is 1.85 bits per heavy atom. The summed E-state index contributed by atoms with van der Waals surface area (Å²) in [5.41, 5.74) is 1.19. The van der Waals surface area contributed by atoms with Gasteiger partial charge in [-0.2, -0.15) is 5.10 Å². The normalized spacial score (nSPS) is 14.9. The predicted octanol–water partition coefficient (Wildman–Crippen LogP) is 3.53. The van der Waals surface area contributed by atoms with Crippen LogP contribution in [0, 0.1) is 11.7 Å². The van der Waals surface area contributed by atoms with E-state index in [1.807, 2.05) is 0 Å². The summed E-state index contributed by atoms with van der Waals surface area (Å²) in [7, 11) is 0. The zero-order chi connectivity index (χ0) is 19.1. The van der Waals surface area contributed by atoms with E-state index in [-0.39, 0.29) is 17.3 Å². The van der Waals surface area contributed by atoms with Gasteiger partial charge < -0.3 is 5.32 Å². The summed E-state index contributed by atoms with van der Waals surface area (Å²) < 4.78 is 14.4. The number of nitrogens with zero attached hydrogens (tertiary/aromatic N) is 2. The fraction of sp³-hybridized carbons (Fsp3) is 0.476. The monoisotopic (exact) mass is 371 g/mol. The number of amides is 1. The second kappa shape index (κ2) is 9.44. The molecule has 1 aromatic carbocycles. The SMILES string of the molecule is O=C(CC1CCCCC1)NCCCn1nc(-c2ccc(F)cc2)ccc1=O. The Morgan fingerprint density at radius 1 is 1.11 bits per heavy atom. The third kappa shape index (κ3) is 5.74. The van der Waals surface area contributed by atoms with E-state index >= 15 is 0 Å². The lowest BCUT2D eigenvalue weighted by Gasteiger charge is -2.20. The Bertz CT molecular complexity index is 811. The highest BCUT2D eigenvalue weighted by molar-refractivity contribution is 5.76. The van der Waals surface area contributed by atoms with E-state index in [0.717, 1.165) is 18.4 Å². The minimum atomic E-state index is -0.309. The third-order valence-corrected chi connectivity index (χ3v) is 5.07. The first-order valence-corrected chi connectivity index (χ1v) is 9.72. The van der Waals surface area contributed by atoms with Crippen LogP contribution in [0.1, 0.15) is 44.9 Å². The van der Waals surface area contributed by atoms with E-state index in [9.17, 15) is 14.0 Å². The van der Waals surface area contributed by atoms with Crippen molar-refractivity contribution in [2.24, 2.45) is 5.92 Å². The maximum atomic E-state index is 13.1. The van der Waals surface area contributed by atoms with Gasteiger partial charge in [-0.3, -0.25) is 9.59 Å². The number of rotatable bonds is 7. The van der Waals surface area contributed by atoms with Gasteiger partial charge in [-0.15, -0.1) is 0 Å². The van der Waals surface area contributed by atoms with Gasteiger partial charge in [-0.05, 0) is 55.5 Å². The van der Waals surface area contributed by atoms with Crippen LogP contribution in [-0.4, -0.2) is 22.2 Å². The Hall–Kier alpha value is -2.50. The smallest absolute Gasteiger partial charge is 0.266 e. The van der Waals surface area contributed by atoms with Crippen LogP contribution in [0.15, 0.2) is 41.2 Å². The Kier molecular flexibility index (Phi) is 6.74. The predicted molar refractivity (Wildman–Crippen MR) is 103 cm³/mol. The first-order valence-electron chi connectivity index (χ1n) is 9.72. The molecule has 0 aliphatic heterocycles. The molecule has 1 aliphatic rings. The summed E-state index contributed by atoms with van der Waals surface area (Å²) >= 11 is 0. The highest BCUT2D eigenvalue weighted by Gasteiger charge is 2.16. The quantitative estimate of drug-likeness (QED) is 0.758. The van der Waals surface area contributed by atoms with Crippen LogP contribution < -0.4 is 10.9 Å². The summed E-state index contributed by atoms with van der Waals surface area (Å²) in [6.07, 6.45) is 7.31. The number of carbonyl (C=O) groups excluding carboxylic acids is 1. The summed E-state index contributed by atoms with van der Waals surface area (Å²) in [5, 5.41) is 7.30. The lowest BCUT2D eigenvalue weighted by molar-refractivity contribution is -0.122. The topological polar surface area (TPSA) is 64.0 Å². The molecule has 0 unspecified atom stereocenters. The molecule has 1 amide bonds. The summed E-state index contributed by atoms with van der Waals surface area (Å²) in [6, 6.07) is 9.11. The Morgan fingerprint density at radius 3 is 2.59 bits per heavy atom. The fourth-order valence-corrected chi connectivity index (χ4v) is 3.57. The van der Waals surface area contributed by atoms with E-state index in [1.165, 1.54) is 42.1 Å². The van der Waals surface area contributed by atoms with Gasteiger partial charge in [-0.1, -0.05) is 19.3 Å². The average Bonchev–Trinajstić information content (AvgIpc) is 2.68. The lowest BCUT2D eigenvalue weighted by atomic mass is 9.87. The van der Waals surface area contributed by atoms with Crippen molar-refractivity contribution in [2.45, 2.75) is 51.5 Å². The van der Waals surface area contributed by atoms with E-state index in [0.29, 0.717) is 37.5 Å². The summed E-state index contributed by atoms with van der Waals surface area (Å²) in [6.45, 7) is 0.956. The standard InChI is InChI=1S/C21H26FN3O2/c22-18-9-7-17(8-10-18)19-11-12-21(27)25(24-19)14-4-13-23-20(26)15-16-5-2-1-3-6-16/h7-12,16H,1-6,13-15H2,(H,23,26). The number of aryl methyl sites for hydroxylation is 1. The molecule has 27 heavy (non-hydrogen) atoms. The van der Waals surface area contributed by atoms with Crippen LogP contribution in [0.3, 0.4) is 0 Å². The Labute approximate surface area is 158 Å². The molecular formula is C21H26FN3O2. The van der Waals surface area contributed by atoms with Crippen LogP contribution in [-0.2, 0) is 11.3 Å². The van der Waals surface area contributed by atoms with Crippen LogP contribution in [0.5, 0.6) is 0 Å². The van der Waals surface area contributed by atoms with Crippen molar-refractivity contribution >= 4 is 5.91 Å². The number of hydrogen-bond donors (Lipinski definition) is 1.